The fourth-order valence-electron chi connectivity index (χ4n) is 4.39. The highest BCUT2D eigenvalue weighted by Crippen LogP contribution is 2.37. The van der Waals surface area contributed by atoms with Gasteiger partial charge in [-0.25, -0.2) is 0 Å². The Morgan fingerprint density at radius 1 is 1.00 bits per heavy atom. The number of benzene rings is 2. The Morgan fingerprint density at radius 3 is 2.55 bits per heavy atom. The van der Waals surface area contributed by atoms with Crippen molar-refractivity contribution in [2.45, 2.75) is 51.2 Å². The summed E-state index contributed by atoms with van der Waals surface area (Å²) in [7, 11) is 0. The summed E-state index contributed by atoms with van der Waals surface area (Å²) in [5.41, 5.74) is 4.29. The van der Waals surface area contributed by atoms with Crippen LogP contribution in [0.2, 0.25) is 0 Å². The number of aliphatic hydroxyl groups is 1. The largest absolute Gasteiger partial charge is 0.385 e. The van der Waals surface area contributed by atoms with Crippen LogP contribution in [-0.2, 0) is 6.42 Å². The van der Waals surface area contributed by atoms with E-state index in [9.17, 15) is 5.11 Å². The number of hydrogen-bond acceptors (Lipinski definition) is 6. The van der Waals surface area contributed by atoms with Crippen LogP contribution in [0.3, 0.4) is 0 Å². The van der Waals surface area contributed by atoms with E-state index in [1.54, 1.807) is 0 Å². The number of H-pyrrole nitrogens is 1. The fourth-order valence-corrected chi connectivity index (χ4v) is 4.39. The quantitative estimate of drug-likeness (QED) is 0.495. The molecule has 0 fully saturated rings. The maximum absolute atomic E-state index is 10.4. The van der Waals surface area contributed by atoms with Gasteiger partial charge in [-0.15, -0.1) is 20.4 Å². The second-order valence-electron chi connectivity index (χ2n) is 7.96. The number of nitrogens with zero attached hydrogens (tertiary/aromatic N) is 6. The van der Waals surface area contributed by atoms with E-state index in [-0.39, 0.29) is 6.04 Å². The van der Waals surface area contributed by atoms with Gasteiger partial charge in [-0.05, 0) is 41.2 Å². The summed E-state index contributed by atoms with van der Waals surface area (Å²) < 4.78 is 2.16. The van der Waals surface area contributed by atoms with E-state index in [1.165, 1.54) is 5.56 Å². The minimum absolute atomic E-state index is 0.141. The average molecular weight is 416 g/mol. The lowest BCUT2D eigenvalue weighted by molar-refractivity contribution is 0.125. The third-order valence-corrected chi connectivity index (χ3v) is 5.99. The zero-order valence-corrected chi connectivity index (χ0v) is 17.4. The normalized spacial score (nSPS) is 18.1. The maximum Gasteiger partial charge on any atom is 0.205 e. The van der Waals surface area contributed by atoms with Crippen molar-refractivity contribution in [1.29, 1.82) is 0 Å². The first kappa shape index (κ1) is 19.6. The molecule has 1 aliphatic rings. The summed E-state index contributed by atoms with van der Waals surface area (Å²) in [6, 6.07) is 16.8. The lowest BCUT2D eigenvalue weighted by Gasteiger charge is -2.29. The van der Waals surface area contributed by atoms with Crippen LogP contribution in [0, 0.1) is 0 Å². The van der Waals surface area contributed by atoms with Gasteiger partial charge in [0.15, 0.2) is 5.82 Å². The molecule has 0 saturated carbocycles. The Morgan fingerprint density at radius 2 is 1.81 bits per heavy atom. The highest BCUT2D eigenvalue weighted by Gasteiger charge is 2.31. The average Bonchev–Trinajstić information content (AvgIpc) is 3.49. The summed E-state index contributed by atoms with van der Waals surface area (Å²) in [5, 5.41) is 33.6. The van der Waals surface area contributed by atoms with Crippen molar-refractivity contribution < 1.29 is 5.11 Å². The maximum atomic E-state index is 10.4. The summed E-state index contributed by atoms with van der Waals surface area (Å²) in [6.45, 7) is 2.17. The number of rotatable bonds is 6. The zero-order valence-electron chi connectivity index (χ0n) is 17.4. The van der Waals surface area contributed by atoms with E-state index < -0.39 is 6.10 Å². The summed E-state index contributed by atoms with van der Waals surface area (Å²) in [5.74, 6) is 2.23. The predicted molar refractivity (Wildman–Crippen MR) is 116 cm³/mol. The summed E-state index contributed by atoms with van der Waals surface area (Å²) in [4.78, 5) is 0. The van der Waals surface area contributed by atoms with Crippen molar-refractivity contribution in [3.8, 4) is 22.5 Å². The number of fused-ring (bicyclic) bond motifs is 1. The molecule has 0 spiro atoms. The molecule has 2 aromatic heterocycles. The Balaban J connectivity index is 1.49. The van der Waals surface area contributed by atoms with Crippen molar-refractivity contribution >= 4 is 0 Å². The first-order chi connectivity index (χ1) is 15.3. The van der Waals surface area contributed by atoms with Gasteiger partial charge < -0.3 is 9.67 Å². The van der Waals surface area contributed by atoms with Crippen LogP contribution in [0.4, 0.5) is 0 Å². The zero-order chi connectivity index (χ0) is 21.2. The van der Waals surface area contributed by atoms with Gasteiger partial charge in [0.2, 0.25) is 5.82 Å². The van der Waals surface area contributed by atoms with Gasteiger partial charge in [0.05, 0.1) is 6.04 Å². The first-order valence-electron chi connectivity index (χ1n) is 10.8. The van der Waals surface area contributed by atoms with Crippen LogP contribution in [0.1, 0.15) is 62.0 Å². The van der Waals surface area contributed by atoms with Crippen molar-refractivity contribution in [1.82, 2.24) is 35.4 Å². The van der Waals surface area contributed by atoms with Crippen molar-refractivity contribution in [2.75, 3.05) is 0 Å². The predicted octanol–water partition coefficient (Wildman–Crippen LogP) is 3.88. The minimum Gasteiger partial charge on any atom is -0.385 e. The van der Waals surface area contributed by atoms with Crippen LogP contribution >= 0.6 is 0 Å². The topological polar surface area (TPSA) is 105 Å². The molecule has 158 valence electrons. The van der Waals surface area contributed by atoms with E-state index in [2.05, 4.69) is 72.6 Å². The monoisotopic (exact) mass is 415 g/mol. The highest BCUT2D eigenvalue weighted by molar-refractivity contribution is 5.80. The second kappa shape index (κ2) is 8.39. The molecular weight excluding hydrogens is 390 g/mol. The fraction of sp³-hybridized carbons (Fsp3) is 0.348. The van der Waals surface area contributed by atoms with Crippen LogP contribution in [0.15, 0.2) is 48.5 Å². The van der Waals surface area contributed by atoms with E-state index in [1.807, 2.05) is 18.2 Å². The third kappa shape index (κ3) is 3.63. The van der Waals surface area contributed by atoms with Gasteiger partial charge in [0.1, 0.15) is 11.9 Å². The van der Waals surface area contributed by atoms with Crippen molar-refractivity contribution in [3.63, 3.8) is 0 Å². The van der Waals surface area contributed by atoms with Gasteiger partial charge in [0, 0.05) is 12.0 Å². The van der Waals surface area contributed by atoms with Crippen LogP contribution in [0.5, 0.6) is 0 Å². The second-order valence-corrected chi connectivity index (χ2v) is 7.96. The Kier molecular flexibility index (Phi) is 5.30. The third-order valence-electron chi connectivity index (χ3n) is 5.99. The van der Waals surface area contributed by atoms with Crippen LogP contribution in [0.25, 0.3) is 22.5 Å². The molecule has 0 bridgehead atoms. The molecule has 5 rings (SSSR count). The van der Waals surface area contributed by atoms with Gasteiger partial charge in [-0.3, -0.25) is 0 Å². The van der Waals surface area contributed by atoms with Gasteiger partial charge in [0.25, 0.3) is 0 Å². The molecule has 8 nitrogen and oxygen atoms in total. The van der Waals surface area contributed by atoms with Crippen LogP contribution < -0.4 is 0 Å². The van der Waals surface area contributed by atoms with E-state index in [4.69, 9.17) is 0 Å². The molecule has 2 atom stereocenters. The number of nitrogens with one attached hydrogen (secondary N) is 1. The molecule has 0 amide bonds. The summed E-state index contributed by atoms with van der Waals surface area (Å²) in [6.07, 6.45) is 4.06. The molecule has 0 unspecified atom stereocenters. The van der Waals surface area contributed by atoms with E-state index in [0.29, 0.717) is 18.1 Å². The molecule has 2 N–H and O–H groups in total. The molecule has 31 heavy (non-hydrogen) atoms. The lowest BCUT2D eigenvalue weighted by Crippen LogP contribution is -2.24. The Labute approximate surface area is 180 Å². The molecule has 0 aliphatic carbocycles. The number of aromatic nitrogens is 7. The molecule has 1 aliphatic heterocycles. The highest BCUT2D eigenvalue weighted by atomic mass is 16.3. The number of aryl methyl sites for hydroxylation is 1. The van der Waals surface area contributed by atoms with Crippen molar-refractivity contribution in [2.24, 2.45) is 0 Å². The van der Waals surface area contributed by atoms with E-state index in [0.717, 1.165) is 48.2 Å². The van der Waals surface area contributed by atoms with Crippen LogP contribution in [-0.4, -0.2) is 40.5 Å². The minimum atomic E-state index is -0.541. The SMILES string of the molecule is CCCCc1nnc2n1[C@H](c1ccc(-c3ccccc3-c3nn[nH]n3)cc1)CC[C@H]2O. The molecule has 0 radical (unpaired) electrons. The Hall–Kier alpha value is -3.39. The smallest absolute Gasteiger partial charge is 0.205 e. The van der Waals surface area contributed by atoms with E-state index >= 15 is 0 Å². The number of aliphatic hydroxyl groups excluding tert-OH is 1. The lowest BCUT2D eigenvalue weighted by atomic mass is 9.92. The van der Waals surface area contributed by atoms with Gasteiger partial charge in [-0.1, -0.05) is 61.9 Å². The number of tetrazole rings is 1. The van der Waals surface area contributed by atoms with Gasteiger partial charge >= 0.3 is 0 Å². The summed E-state index contributed by atoms with van der Waals surface area (Å²) >= 11 is 0. The number of aromatic amines is 1. The molecule has 3 heterocycles. The molecule has 4 aromatic rings. The molecule has 2 aromatic carbocycles. The number of hydrogen-bond donors (Lipinski definition) is 2. The first-order valence-corrected chi connectivity index (χ1v) is 10.8. The molecular formula is C23H25N7O. The molecule has 0 saturated heterocycles. The molecule has 8 heteroatoms. The Bertz CT molecular complexity index is 1150. The van der Waals surface area contributed by atoms with Crippen molar-refractivity contribution in [3.05, 3.63) is 65.7 Å². The standard InChI is InChI=1S/C23H25N7O/c1-2-3-8-21-24-27-23-20(31)14-13-19(30(21)23)16-11-9-15(10-12-16)17-6-4-5-7-18(17)22-25-28-29-26-22/h4-7,9-12,19-20,31H,2-3,8,13-14H2,1H3,(H,25,26,28,29)/t19-,20+/m0/s1. The van der Waals surface area contributed by atoms with Gasteiger partial charge in [-0.2, -0.15) is 5.21 Å². The number of unbranched alkanes of at least 4 members (excludes halogenated alkanes) is 1.